The average Bonchev–Trinajstić information content (AvgIpc) is 2.86. The quantitative estimate of drug-likeness (QED) is 0.261. The summed E-state index contributed by atoms with van der Waals surface area (Å²) in [5.41, 5.74) is 4.29. The van der Waals surface area contributed by atoms with E-state index in [4.69, 9.17) is 18.9 Å². The third kappa shape index (κ3) is 5.45. The van der Waals surface area contributed by atoms with Crippen LogP contribution in [0.2, 0.25) is 0 Å². The van der Waals surface area contributed by atoms with E-state index in [-0.39, 0.29) is 18.0 Å². The number of carbonyl (C=O) groups is 1. The standard InChI is InChI=1S/C31H36O5/c1-4-34-30(33-3)36-29-12-11-23(8-5-22-6-9-24(10-7-22)20-35-21(2)32)16-28(29)31-17-25-13-26(18-31)15-27(14-25)19-31/h6-7,9-12,16,25-27,30H,4,13-15,17-20H2,1-3H3. The molecule has 4 aliphatic carbocycles. The lowest BCUT2D eigenvalue weighted by Crippen LogP contribution is -2.48. The van der Waals surface area contributed by atoms with Gasteiger partial charge in [-0.05, 0) is 105 Å². The first-order valence-corrected chi connectivity index (χ1v) is 13.2. The van der Waals surface area contributed by atoms with Crippen LogP contribution in [-0.2, 0) is 31.0 Å². The first kappa shape index (κ1) is 24.9. The largest absolute Gasteiger partial charge is 0.461 e. The monoisotopic (exact) mass is 488 g/mol. The second-order valence-corrected chi connectivity index (χ2v) is 10.7. The van der Waals surface area contributed by atoms with Crippen molar-refractivity contribution >= 4 is 5.97 Å². The van der Waals surface area contributed by atoms with Gasteiger partial charge in [-0.3, -0.25) is 4.79 Å². The topological polar surface area (TPSA) is 54.0 Å². The lowest BCUT2D eigenvalue weighted by Gasteiger charge is -2.57. The molecule has 4 fully saturated rings. The minimum absolute atomic E-state index is 0.157. The summed E-state index contributed by atoms with van der Waals surface area (Å²) < 4.78 is 22.4. The van der Waals surface area contributed by atoms with E-state index in [0.717, 1.165) is 40.2 Å². The molecule has 0 radical (unpaired) electrons. The van der Waals surface area contributed by atoms with E-state index >= 15 is 0 Å². The van der Waals surface area contributed by atoms with Crippen LogP contribution in [-0.4, -0.2) is 26.2 Å². The molecule has 0 heterocycles. The summed E-state index contributed by atoms with van der Waals surface area (Å²) in [5.74, 6) is 9.73. The Labute approximate surface area is 214 Å². The van der Waals surface area contributed by atoms with Crippen molar-refractivity contribution in [3.63, 3.8) is 0 Å². The fraction of sp³-hybridized carbons (Fsp3) is 0.516. The minimum Gasteiger partial charge on any atom is -0.461 e. The van der Waals surface area contributed by atoms with Crippen molar-refractivity contribution in [2.45, 2.75) is 70.9 Å². The molecule has 0 amide bonds. The van der Waals surface area contributed by atoms with E-state index in [1.165, 1.54) is 51.0 Å². The molecule has 0 N–H and O–H groups in total. The molecule has 2 aromatic carbocycles. The van der Waals surface area contributed by atoms with Gasteiger partial charge in [-0.2, -0.15) is 0 Å². The lowest BCUT2D eigenvalue weighted by atomic mass is 9.48. The Morgan fingerprint density at radius 3 is 2.17 bits per heavy atom. The first-order valence-electron chi connectivity index (χ1n) is 13.2. The average molecular weight is 489 g/mol. The molecule has 0 aromatic heterocycles. The van der Waals surface area contributed by atoms with E-state index in [1.54, 1.807) is 7.11 Å². The number of esters is 1. The minimum atomic E-state index is -0.718. The van der Waals surface area contributed by atoms with Crippen LogP contribution in [0, 0.1) is 29.6 Å². The fourth-order valence-electron chi connectivity index (χ4n) is 6.97. The summed E-state index contributed by atoms with van der Waals surface area (Å²) in [6, 6.07) is 14.2. The Morgan fingerprint density at radius 1 is 0.972 bits per heavy atom. The second kappa shape index (κ2) is 10.7. The maximum Gasteiger partial charge on any atom is 0.315 e. The van der Waals surface area contributed by atoms with Gasteiger partial charge in [-0.25, -0.2) is 0 Å². The van der Waals surface area contributed by atoms with Gasteiger partial charge in [0.1, 0.15) is 12.4 Å². The molecule has 5 nitrogen and oxygen atoms in total. The highest BCUT2D eigenvalue weighted by Crippen LogP contribution is 2.62. The van der Waals surface area contributed by atoms with E-state index in [0.29, 0.717) is 6.61 Å². The predicted octanol–water partition coefficient (Wildman–Crippen LogP) is 5.96. The van der Waals surface area contributed by atoms with Gasteiger partial charge in [0.2, 0.25) is 0 Å². The van der Waals surface area contributed by atoms with Gasteiger partial charge in [-0.1, -0.05) is 24.0 Å². The van der Waals surface area contributed by atoms with Crippen LogP contribution in [0.1, 0.15) is 74.6 Å². The summed E-state index contributed by atoms with van der Waals surface area (Å²) in [6.07, 6.45) is 7.89. The molecule has 1 unspecified atom stereocenters. The molecule has 190 valence electrons. The Kier molecular flexibility index (Phi) is 7.37. The highest BCUT2D eigenvalue weighted by Gasteiger charge is 2.52. The Bertz CT molecular complexity index is 1100. The maximum atomic E-state index is 11.0. The van der Waals surface area contributed by atoms with Crippen molar-refractivity contribution in [2.24, 2.45) is 17.8 Å². The number of methoxy groups -OCH3 is 1. The SMILES string of the molecule is CCOC(OC)Oc1ccc(C#Cc2ccc(COC(C)=O)cc2)cc1C12CC3CC(CC(C3)C1)C2. The zero-order chi connectivity index (χ0) is 25.1. The Balaban J connectivity index is 1.43. The molecule has 2 aromatic rings. The number of ether oxygens (including phenoxy) is 4. The molecule has 0 spiro atoms. The van der Waals surface area contributed by atoms with Gasteiger partial charge in [-0.15, -0.1) is 0 Å². The molecule has 0 aliphatic heterocycles. The van der Waals surface area contributed by atoms with Gasteiger partial charge in [0.25, 0.3) is 0 Å². The van der Waals surface area contributed by atoms with Crippen LogP contribution in [0.15, 0.2) is 42.5 Å². The Morgan fingerprint density at radius 2 is 1.58 bits per heavy atom. The molecule has 6 rings (SSSR count). The normalized spacial score (nSPS) is 26.7. The van der Waals surface area contributed by atoms with Crippen LogP contribution < -0.4 is 4.74 Å². The predicted molar refractivity (Wildman–Crippen MR) is 137 cm³/mol. The number of hydrogen-bond acceptors (Lipinski definition) is 5. The van der Waals surface area contributed by atoms with Gasteiger partial charge in [0.05, 0.1) is 6.61 Å². The number of benzene rings is 2. The van der Waals surface area contributed by atoms with Crippen LogP contribution >= 0.6 is 0 Å². The molecule has 4 bridgehead atoms. The third-order valence-electron chi connectivity index (χ3n) is 8.05. The van der Waals surface area contributed by atoms with Crippen LogP contribution in [0.25, 0.3) is 0 Å². The molecule has 36 heavy (non-hydrogen) atoms. The summed E-state index contributed by atoms with van der Waals surface area (Å²) >= 11 is 0. The van der Waals surface area contributed by atoms with Crippen molar-refractivity contribution < 1.29 is 23.7 Å². The molecule has 1 atom stereocenters. The highest BCUT2D eigenvalue weighted by atomic mass is 16.8. The number of carbonyl (C=O) groups excluding carboxylic acids is 1. The lowest BCUT2D eigenvalue weighted by molar-refractivity contribution is -0.231. The fourth-order valence-corrected chi connectivity index (χ4v) is 6.97. The van der Waals surface area contributed by atoms with Crippen molar-refractivity contribution in [3.05, 3.63) is 64.7 Å². The molecule has 0 saturated heterocycles. The van der Waals surface area contributed by atoms with E-state index in [9.17, 15) is 4.79 Å². The zero-order valence-corrected chi connectivity index (χ0v) is 21.5. The van der Waals surface area contributed by atoms with Crippen LogP contribution in [0.5, 0.6) is 5.75 Å². The summed E-state index contributed by atoms with van der Waals surface area (Å²) in [5, 5.41) is 0. The van der Waals surface area contributed by atoms with E-state index in [1.807, 2.05) is 43.3 Å². The molecule has 4 aliphatic rings. The molecule has 5 heteroatoms. The van der Waals surface area contributed by atoms with Crippen molar-refractivity contribution in [1.29, 1.82) is 0 Å². The van der Waals surface area contributed by atoms with Crippen molar-refractivity contribution in [2.75, 3.05) is 13.7 Å². The summed E-state index contributed by atoms with van der Waals surface area (Å²) in [7, 11) is 1.61. The van der Waals surface area contributed by atoms with Gasteiger partial charge in [0.15, 0.2) is 0 Å². The van der Waals surface area contributed by atoms with Gasteiger partial charge in [0, 0.05) is 30.7 Å². The molecular formula is C31H36O5. The first-order chi connectivity index (χ1) is 17.5. The highest BCUT2D eigenvalue weighted by molar-refractivity contribution is 5.65. The Hall–Kier alpha value is -2.81. The van der Waals surface area contributed by atoms with E-state index < -0.39 is 6.48 Å². The second-order valence-electron chi connectivity index (χ2n) is 10.7. The zero-order valence-electron chi connectivity index (χ0n) is 21.5. The van der Waals surface area contributed by atoms with Gasteiger partial charge >= 0.3 is 12.4 Å². The van der Waals surface area contributed by atoms with Crippen molar-refractivity contribution in [3.8, 4) is 17.6 Å². The van der Waals surface area contributed by atoms with Gasteiger partial charge < -0.3 is 18.9 Å². The van der Waals surface area contributed by atoms with Crippen LogP contribution in [0.3, 0.4) is 0 Å². The third-order valence-corrected chi connectivity index (χ3v) is 8.05. The molecular weight excluding hydrogens is 452 g/mol. The van der Waals surface area contributed by atoms with Crippen LogP contribution in [0.4, 0.5) is 0 Å². The number of rotatable bonds is 8. The smallest absolute Gasteiger partial charge is 0.315 e. The molecule has 4 saturated carbocycles. The summed E-state index contributed by atoms with van der Waals surface area (Å²) in [4.78, 5) is 11.0. The maximum absolute atomic E-state index is 11.0. The van der Waals surface area contributed by atoms with E-state index in [2.05, 4.69) is 17.9 Å². The number of hydrogen-bond donors (Lipinski definition) is 0. The van der Waals surface area contributed by atoms with Crippen molar-refractivity contribution in [1.82, 2.24) is 0 Å². The summed E-state index contributed by atoms with van der Waals surface area (Å²) in [6.45, 7) is 3.44.